The third-order valence-electron chi connectivity index (χ3n) is 4.48. The third kappa shape index (κ3) is 3.22. The molecule has 1 radical (unpaired) electrons. The van der Waals surface area contributed by atoms with Crippen molar-refractivity contribution in [3.63, 3.8) is 0 Å². The lowest BCUT2D eigenvalue weighted by Gasteiger charge is -2.29. The van der Waals surface area contributed by atoms with Gasteiger partial charge in [-0.15, -0.1) is 0 Å². The van der Waals surface area contributed by atoms with E-state index in [-0.39, 0.29) is 0 Å². The Bertz CT molecular complexity index is 366. The van der Waals surface area contributed by atoms with Gasteiger partial charge in [-0.3, -0.25) is 0 Å². The van der Waals surface area contributed by atoms with Crippen LogP contribution in [0.2, 0.25) is 0 Å². The smallest absolute Gasteiger partial charge is 0.199 e. The van der Waals surface area contributed by atoms with E-state index in [0.29, 0.717) is 0 Å². The van der Waals surface area contributed by atoms with Crippen molar-refractivity contribution in [1.82, 2.24) is 9.97 Å². The van der Waals surface area contributed by atoms with Gasteiger partial charge in [0.1, 0.15) is 0 Å². The van der Waals surface area contributed by atoms with Crippen LogP contribution in [0.25, 0.3) is 0 Å². The second-order valence-corrected chi connectivity index (χ2v) is 5.98. The van der Waals surface area contributed by atoms with Gasteiger partial charge >= 0.3 is 0 Å². The molecule has 0 amide bonds. The standard InChI is InChI=1S/C16H25N4/c1-2-6-10-19(9-5-1)15-13-17-14-18-16(15)20-11-7-3-4-8-12-20/h13H,1-12H2. The highest BCUT2D eigenvalue weighted by Crippen LogP contribution is 2.29. The average molecular weight is 273 g/mol. The monoisotopic (exact) mass is 273 g/mol. The Morgan fingerprint density at radius 1 is 0.750 bits per heavy atom. The van der Waals surface area contributed by atoms with Crippen molar-refractivity contribution in [3.05, 3.63) is 12.5 Å². The minimum Gasteiger partial charge on any atom is -0.367 e. The first kappa shape index (κ1) is 13.7. The molecule has 2 aliphatic heterocycles. The van der Waals surface area contributed by atoms with Crippen molar-refractivity contribution in [3.8, 4) is 0 Å². The van der Waals surface area contributed by atoms with Crippen LogP contribution >= 0.6 is 0 Å². The van der Waals surface area contributed by atoms with Crippen molar-refractivity contribution in [1.29, 1.82) is 0 Å². The molecule has 0 atom stereocenters. The van der Waals surface area contributed by atoms with E-state index in [0.717, 1.165) is 32.0 Å². The maximum absolute atomic E-state index is 4.50. The van der Waals surface area contributed by atoms with Crippen LogP contribution in [0.1, 0.15) is 51.4 Å². The van der Waals surface area contributed by atoms with Gasteiger partial charge in [-0.05, 0) is 25.7 Å². The molecule has 0 saturated carbocycles. The van der Waals surface area contributed by atoms with Crippen LogP contribution < -0.4 is 9.80 Å². The molecular formula is C16H25N4. The van der Waals surface area contributed by atoms with Crippen LogP contribution in [-0.4, -0.2) is 36.1 Å². The second-order valence-electron chi connectivity index (χ2n) is 5.98. The highest BCUT2D eigenvalue weighted by atomic mass is 15.2. The number of hydrogen-bond acceptors (Lipinski definition) is 4. The Hall–Kier alpha value is -1.32. The lowest BCUT2D eigenvalue weighted by molar-refractivity contribution is 0.726. The SMILES string of the molecule is [c]1ncc(N2CCCCCC2)c(N2CCCCCC2)n1. The van der Waals surface area contributed by atoms with Crippen LogP contribution in [0.3, 0.4) is 0 Å². The van der Waals surface area contributed by atoms with E-state index in [1.807, 2.05) is 6.20 Å². The zero-order chi connectivity index (χ0) is 13.6. The van der Waals surface area contributed by atoms with Gasteiger partial charge in [0.25, 0.3) is 0 Å². The first-order valence-corrected chi connectivity index (χ1v) is 8.18. The molecule has 3 rings (SSSR count). The van der Waals surface area contributed by atoms with Crippen molar-refractivity contribution in [2.24, 2.45) is 0 Å². The summed E-state index contributed by atoms with van der Waals surface area (Å²) in [7, 11) is 0. The summed E-state index contributed by atoms with van der Waals surface area (Å²) in [6.07, 6.45) is 15.3. The topological polar surface area (TPSA) is 32.3 Å². The van der Waals surface area contributed by atoms with E-state index in [4.69, 9.17) is 0 Å². The van der Waals surface area contributed by atoms with Crippen LogP contribution in [0, 0.1) is 6.33 Å². The molecule has 4 nitrogen and oxygen atoms in total. The maximum Gasteiger partial charge on any atom is 0.199 e. The van der Waals surface area contributed by atoms with Crippen molar-refractivity contribution < 1.29 is 0 Å². The van der Waals surface area contributed by atoms with Gasteiger partial charge in [0.2, 0.25) is 0 Å². The molecule has 1 aromatic heterocycles. The highest BCUT2D eigenvalue weighted by Gasteiger charge is 2.19. The first-order chi connectivity index (χ1) is 9.95. The van der Waals surface area contributed by atoms with E-state index in [1.54, 1.807) is 0 Å². The molecule has 2 saturated heterocycles. The van der Waals surface area contributed by atoms with Crippen molar-refractivity contribution in [2.75, 3.05) is 36.0 Å². The largest absolute Gasteiger partial charge is 0.367 e. The predicted octanol–water partition coefficient (Wildman–Crippen LogP) is 3.04. The quantitative estimate of drug-likeness (QED) is 0.829. The van der Waals surface area contributed by atoms with Gasteiger partial charge < -0.3 is 9.80 Å². The van der Waals surface area contributed by atoms with Gasteiger partial charge in [-0.2, -0.15) is 0 Å². The molecule has 0 unspecified atom stereocenters. The molecule has 1 aromatic rings. The Balaban J connectivity index is 1.82. The molecule has 2 fully saturated rings. The molecule has 4 heteroatoms. The average Bonchev–Trinajstić information content (AvgIpc) is 2.92. The lowest BCUT2D eigenvalue weighted by Crippen LogP contribution is -2.30. The van der Waals surface area contributed by atoms with Crippen LogP contribution in [-0.2, 0) is 0 Å². The van der Waals surface area contributed by atoms with Gasteiger partial charge in [0, 0.05) is 26.2 Å². The number of hydrogen-bond donors (Lipinski definition) is 0. The number of rotatable bonds is 2. The fourth-order valence-electron chi connectivity index (χ4n) is 3.33. The van der Waals surface area contributed by atoms with E-state index in [2.05, 4.69) is 26.1 Å². The summed E-state index contributed by atoms with van der Waals surface area (Å²) in [4.78, 5) is 13.6. The first-order valence-electron chi connectivity index (χ1n) is 8.18. The summed E-state index contributed by atoms with van der Waals surface area (Å²) >= 11 is 0. The lowest BCUT2D eigenvalue weighted by atomic mass is 10.2. The van der Waals surface area contributed by atoms with Gasteiger partial charge in [0.15, 0.2) is 12.1 Å². The third-order valence-corrected chi connectivity index (χ3v) is 4.48. The Kier molecular flexibility index (Phi) is 4.72. The van der Waals surface area contributed by atoms with Gasteiger partial charge in [-0.25, -0.2) is 9.97 Å². The molecule has 109 valence electrons. The molecule has 3 heterocycles. The molecule has 20 heavy (non-hydrogen) atoms. The predicted molar refractivity (Wildman–Crippen MR) is 82.2 cm³/mol. The summed E-state index contributed by atoms with van der Waals surface area (Å²) in [6.45, 7) is 4.56. The molecular weight excluding hydrogens is 248 g/mol. The van der Waals surface area contributed by atoms with Crippen molar-refractivity contribution in [2.45, 2.75) is 51.4 Å². The summed E-state index contributed by atoms with van der Waals surface area (Å²) in [5, 5.41) is 0. The summed E-state index contributed by atoms with van der Waals surface area (Å²) in [6, 6.07) is 0. The molecule has 0 bridgehead atoms. The maximum atomic E-state index is 4.50. The van der Waals surface area contributed by atoms with E-state index < -0.39 is 0 Å². The van der Waals surface area contributed by atoms with Gasteiger partial charge in [0.05, 0.1) is 11.9 Å². The summed E-state index contributed by atoms with van der Waals surface area (Å²) in [5.74, 6) is 1.11. The van der Waals surface area contributed by atoms with Crippen molar-refractivity contribution >= 4 is 11.5 Å². The van der Waals surface area contributed by atoms with E-state index in [1.165, 1.54) is 57.1 Å². The number of aromatic nitrogens is 2. The summed E-state index contributed by atoms with van der Waals surface area (Å²) < 4.78 is 0. The normalized spacial score (nSPS) is 21.4. The zero-order valence-corrected chi connectivity index (χ0v) is 12.4. The van der Waals surface area contributed by atoms with Crippen LogP contribution in [0.4, 0.5) is 11.5 Å². The number of anilines is 2. The van der Waals surface area contributed by atoms with Crippen LogP contribution in [0.15, 0.2) is 6.20 Å². The Morgan fingerprint density at radius 3 is 1.90 bits per heavy atom. The minimum absolute atomic E-state index is 1.11. The van der Waals surface area contributed by atoms with Crippen LogP contribution in [0.5, 0.6) is 0 Å². The Labute approximate surface area is 122 Å². The van der Waals surface area contributed by atoms with E-state index >= 15 is 0 Å². The van der Waals surface area contributed by atoms with Gasteiger partial charge in [-0.1, -0.05) is 25.7 Å². The highest BCUT2D eigenvalue weighted by molar-refractivity contribution is 5.65. The molecule has 0 spiro atoms. The second kappa shape index (κ2) is 6.91. The summed E-state index contributed by atoms with van der Waals surface area (Å²) in [5.41, 5.74) is 1.23. The Morgan fingerprint density at radius 2 is 1.30 bits per heavy atom. The minimum atomic E-state index is 1.11. The fraction of sp³-hybridized carbons (Fsp3) is 0.750. The zero-order valence-electron chi connectivity index (χ0n) is 12.4. The molecule has 0 N–H and O–H groups in total. The molecule has 0 aliphatic carbocycles. The number of nitrogens with zero attached hydrogens (tertiary/aromatic N) is 4. The molecule has 2 aliphatic rings. The fourth-order valence-corrected chi connectivity index (χ4v) is 3.33. The van der Waals surface area contributed by atoms with E-state index in [9.17, 15) is 0 Å². The molecule has 0 aromatic carbocycles.